The van der Waals surface area contributed by atoms with E-state index in [9.17, 15) is 24.0 Å². The average molecular weight is 808 g/mol. The lowest BCUT2D eigenvalue weighted by atomic mass is 9.92. The number of nitriles is 1. The van der Waals surface area contributed by atoms with Crippen molar-refractivity contribution in [3.05, 3.63) is 75.9 Å². The molecule has 4 fully saturated rings. The van der Waals surface area contributed by atoms with Crippen LogP contribution in [0.25, 0.3) is 0 Å². The molecule has 1 unspecified atom stereocenters. The lowest BCUT2D eigenvalue weighted by Gasteiger charge is -2.38. The van der Waals surface area contributed by atoms with Gasteiger partial charge in [0.15, 0.2) is 11.5 Å². The summed E-state index contributed by atoms with van der Waals surface area (Å²) in [4.78, 5) is 69.2. The highest BCUT2D eigenvalue weighted by Crippen LogP contribution is 2.32. The molecule has 2 aromatic carbocycles. The molecule has 5 amide bonds. The zero-order chi connectivity index (χ0) is 40.3. The maximum Gasteiger partial charge on any atom is 0.272 e. The van der Waals surface area contributed by atoms with E-state index in [1.165, 1.54) is 0 Å². The minimum Gasteiger partial charge on any atom is -0.490 e. The summed E-state index contributed by atoms with van der Waals surface area (Å²) in [7, 11) is 0. The Morgan fingerprint density at radius 1 is 0.879 bits per heavy atom. The van der Waals surface area contributed by atoms with Crippen molar-refractivity contribution in [3.63, 3.8) is 0 Å². The van der Waals surface area contributed by atoms with Crippen LogP contribution in [0.3, 0.4) is 0 Å². The molecule has 1 aliphatic carbocycles. The summed E-state index contributed by atoms with van der Waals surface area (Å²) < 4.78 is 6.08. The number of hydrogen-bond donors (Lipinski definition) is 3. The van der Waals surface area contributed by atoms with Crippen LogP contribution in [0.1, 0.15) is 101 Å². The van der Waals surface area contributed by atoms with Crippen molar-refractivity contribution in [3.8, 4) is 11.8 Å². The fourth-order valence-electron chi connectivity index (χ4n) is 8.90. The molecule has 4 aliphatic heterocycles. The summed E-state index contributed by atoms with van der Waals surface area (Å²) in [6.07, 6.45) is 7.44. The third-order valence-electron chi connectivity index (χ3n) is 12.0. The number of anilines is 2. The molecule has 3 N–H and O–H groups in total. The molecule has 8 rings (SSSR count). The van der Waals surface area contributed by atoms with Gasteiger partial charge in [-0.05, 0) is 113 Å². The first-order valence-corrected chi connectivity index (χ1v) is 20.6. The molecule has 5 aliphatic rings. The van der Waals surface area contributed by atoms with Crippen LogP contribution >= 0.6 is 11.6 Å². The summed E-state index contributed by atoms with van der Waals surface area (Å²) in [6.45, 7) is 4.60. The number of imide groups is 2. The number of fused-ring (bicyclic) bond motifs is 1. The highest BCUT2D eigenvalue weighted by Gasteiger charge is 2.44. The van der Waals surface area contributed by atoms with Gasteiger partial charge in [0, 0.05) is 56.4 Å². The molecule has 302 valence electrons. The lowest BCUT2D eigenvalue weighted by molar-refractivity contribution is -0.136. The number of nitrogens with zero attached hydrogens (tertiary/aromatic N) is 6. The monoisotopic (exact) mass is 807 g/mol. The van der Waals surface area contributed by atoms with Gasteiger partial charge in [0.1, 0.15) is 17.9 Å². The second kappa shape index (κ2) is 17.1. The van der Waals surface area contributed by atoms with Crippen molar-refractivity contribution in [2.75, 3.05) is 42.9 Å². The van der Waals surface area contributed by atoms with Crippen molar-refractivity contribution in [1.82, 2.24) is 30.6 Å². The van der Waals surface area contributed by atoms with Gasteiger partial charge in [-0.1, -0.05) is 11.6 Å². The van der Waals surface area contributed by atoms with Crippen LogP contribution in [0.15, 0.2) is 48.5 Å². The maximum absolute atomic E-state index is 13.3. The zero-order valence-electron chi connectivity index (χ0n) is 32.1. The first-order valence-electron chi connectivity index (χ1n) is 20.2. The third-order valence-corrected chi connectivity index (χ3v) is 12.3. The third kappa shape index (κ3) is 8.63. The summed E-state index contributed by atoms with van der Waals surface area (Å²) in [5.41, 5.74) is 2.02. The number of amides is 5. The molecular formula is C42H46ClN9O6. The van der Waals surface area contributed by atoms with Crippen LogP contribution in [0.2, 0.25) is 5.02 Å². The Balaban J connectivity index is 0.763. The lowest BCUT2D eigenvalue weighted by Crippen LogP contribution is -2.54. The topological polar surface area (TPSA) is 190 Å². The van der Waals surface area contributed by atoms with E-state index in [-0.39, 0.29) is 48.1 Å². The quantitative estimate of drug-likeness (QED) is 0.247. The van der Waals surface area contributed by atoms with Gasteiger partial charge in [-0.15, -0.1) is 10.2 Å². The van der Waals surface area contributed by atoms with Crippen LogP contribution in [0.4, 0.5) is 11.5 Å². The minimum atomic E-state index is -0.985. The Kier molecular flexibility index (Phi) is 11.6. The molecule has 1 saturated carbocycles. The predicted octanol–water partition coefficient (Wildman–Crippen LogP) is 4.32. The number of hydrogen-bond acceptors (Lipinski definition) is 12. The van der Waals surface area contributed by atoms with E-state index in [1.807, 2.05) is 12.1 Å². The summed E-state index contributed by atoms with van der Waals surface area (Å²) in [5, 5.41) is 27.1. The number of likely N-dealkylation sites (tertiary alicyclic amines) is 1. The van der Waals surface area contributed by atoms with Gasteiger partial charge in [-0.2, -0.15) is 5.26 Å². The van der Waals surface area contributed by atoms with E-state index in [0.717, 1.165) is 100 Å². The van der Waals surface area contributed by atoms with Crippen molar-refractivity contribution < 1.29 is 28.7 Å². The Morgan fingerprint density at radius 2 is 1.67 bits per heavy atom. The van der Waals surface area contributed by atoms with Gasteiger partial charge in [0.25, 0.3) is 17.7 Å². The molecule has 0 spiro atoms. The van der Waals surface area contributed by atoms with Gasteiger partial charge in [-0.3, -0.25) is 34.2 Å². The molecule has 1 aromatic heterocycles. The number of rotatable bonds is 10. The second-order valence-corrected chi connectivity index (χ2v) is 16.4. The molecule has 2 atom stereocenters. The number of piperidine rings is 3. The van der Waals surface area contributed by atoms with Gasteiger partial charge >= 0.3 is 0 Å². The fraction of sp³-hybridized carbons (Fsp3) is 0.476. The predicted molar refractivity (Wildman–Crippen MR) is 213 cm³/mol. The number of benzene rings is 2. The molecule has 3 aromatic rings. The molecular weight excluding hydrogens is 762 g/mol. The van der Waals surface area contributed by atoms with E-state index < -0.39 is 29.7 Å². The van der Waals surface area contributed by atoms with E-state index in [4.69, 9.17) is 21.6 Å². The van der Waals surface area contributed by atoms with Crippen molar-refractivity contribution >= 4 is 52.6 Å². The van der Waals surface area contributed by atoms with E-state index >= 15 is 0 Å². The first-order chi connectivity index (χ1) is 28.1. The highest BCUT2D eigenvalue weighted by molar-refractivity contribution is 6.31. The summed E-state index contributed by atoms with van der Waals surface area (Å²) in [5.74, 6) is -0.310. The van der Waals surface area contributed by atoms with Crippen LogP contribution < -0.4 is 25.6 Å². The van der Waals surface area contributed by atoms with E-state index in [1.54, 1.807) is 36.4 Å². The van der Waals surface area contributed by atoms with E-state index in [0.29, 0.717) is 27.9 Å². The molecule has 3 saturated heterocycles. The van der Waals surface area contributed by atoms with Crippen LogP contribution in [-0.4, -0.2) is 106 Å². The fourth-order valence-corrected chi connectivity index (χ4v) is 9.11. The minimum absolute atomic E-state index is 0.0170. The van der Waals surface area contributed by atoms with Gasteiger partial charge < -0.3 is 25.2 Å². The van der Waals surface area contributed by atoms with Gasteiger partial charge in [-0.25, -0.2) is 0 Å². The Hall–Kier alpha value is -5.59. The van der Waals surface area contributed by atoms with E-state index in [2.05, 4.69) is 42.0 Å². The number of aromatic nitrogens is 2. The molecule has 0 radical (unpaired) electrons. The normalized spacial score (nSPS) is 24.2. The zero-order valence-corrected chi connectivity index (χ0v) is 32.9. The number of carbonyl (C=O) groups excluding carboxylic acids is 5. The summed E-state index contributed by atoms with van der Waals surface area (Å²) in [6, 6.07) is 15.2. The van der Waals surface area contributed by atoms with Crippen molar-refractivity contribution in [2.45, 2.75) is 88.4 Å². The number of halogens is 1. The van der Waals surface area contributed by atoms with Gasteiger partial charge in [0.2, 0.25) is 11.8 Å². The SMILES string of the molecule is N#Cc1ccc(OC2CCC(NC(=O)c3ccc(N4CCC(CN5CCC[C@H](Nc6ccc7c(c6)C(=O)N(C6CCC(=O)NC6=O)C7=O)C5)CC4)nn3)CC2)cc1Cl. The number of carbonyl (C=O) groups is 5. The molecule has 0 bridgehead atoms. The smallest absolute Gasteiger partial charge is 0.272 e. The molecule has 16 heteroatoms. The summed E-state index contributed by atoms with van der Waals surface area (Å²) >= 11 is 6.15. The maximum atomic E-state index is 13.3. The molecule has 5 heterocycles. The molecule has 58 heavy (non-hydrogen) atoms. The van der Waals surface area contributed by atoms with Gasteiger partial charge in [0.05, 0.1) is 27.8 Å². The first kappa shape index (κ1) is 39.2. The highest BCUT2D eigenvalue weighted by atomic mass is 35.5. The Bertz CT molecular complexity index is 2130. The average Bonchev–Trinajstić information content (AvgIpc) is 3.47. The van der Waals surface area contributed by atoms with Crippen molar-refractivity contribution in [2.24, 2.45) is 5.92 Å². The largest absolute Gasteiger partial charge is 0.490 e. The number of ether oxygens (including phenoxy) is 1. The van der Waals surface area contributed by atoms with Crippen LogP contribution in [0, 0.1) is 17.2 Å². The Labute approximate surface area is 341 Å². The number of nitrogens with one attached hydrogen (secondary N) is 3. The Morgan fingerprint density at radius 3 is 2.40 bits per heavy atom. The van der Waals surface area contributed by atoms with Crippen LogP contribution in [0.5, 0.6) is 5.75 Å². The van der Waals surface area contributed by atoms with Crippen LogP contribution in [-0.2, 0) is 9.59 Å². The standard InChI is InChI=1S/C42H46ClN9O6/c43-34-21-31(7-3-26(34)22-44)58-30-8-4-27(5-9-30)46-39(54)35-11-13-37(49-48-35)51-18-15-25(16-19-51)23-50-17-1-2-29(24-50)45-28-6-10-32-33(20-28)42(57)52(41(32)56)36-12-14-38(53)47-40(36)55/h3,6-7,10-11,13,20-21,25,27,29-30,36,45H,1-2,4-5,8-9,12,14-19,23-24H2,(H,46,54)(H,47,53,55)/t27?,29-,30?,36?/m0/s1. The molecule has 15 nitrogen and oxygen atoms in total. The van der Waals surface area contributed by atoms with Crippen molar-refractivity contribution in [1.29, 1.82) is 5.26 Å². The second-order valence-electron chi connectivity index (χ2n) is 16.0.